The van der Waals surface area contributed by atoms with Gasteiger partial charge in [-0.2, -0.15) is 4.98 Å². The number of anilines is 3. The average molecular weight is 310 g/mol. The zero-order valence-electron chi connectivity index (χ0n) is 10.3. The fraction of sp³-hybridized carbons (Fsp3) is 0. The van der Waals surface area contributed by atoms with Crippen LogP contribution in [-0.2, 0) is 0 Å². The summed E-state index contributed by atoms with van der Waals surface area (Å²) >= 11 is 5.61. The van der Waals surface area contributed by atoms with Crippen LogP contribution in [0.4, 0.5) is 27.7 Å². The van der Waals surface area contributed by atoms with Crippen molar-refractivity contribution in [1.82, 2.24) is 9.97 Å². The molecule has 1 aromatic heterocycles. The molecule has 0 saturated carbocycles. The van der Waals surface area contributed by atoms with E-state index in [0.717, 1.165) is 6.20 Å². The first-order valence-electron chi connectivity index (χ1n) is 5.49. The van der Waals surface area contributed by atoms with Gasteiger partial charge in [-0.15, -0.1) is 0 Å². The predicted octanol–water partition coefficient (Wildman–Crippen LogP) is 2.87. The number of carbonyl (C=O) groups is 1. The largest absolute Gasteiger partial charge is 0.465 e. The summed E-state index contributed by atoms with van der Waals surface area (Å²) in [4.78, 5) is 28.0. The maximum Gasteiger partial charge on any atom is 0.409 e. The summed E-state index contributed by atoms with van der Waals surface area (Å²) in [7, 11) is 0. The van der Waals surface area contributed by atoms with Gasteiger partial charge in [0.1, 0.15) is 6.20 Å². The molecule has 0 fully saturated rings. The highest BCUT2D eigenvalue weighted by atomic mass is 35.5. The second kappa shape index (κ2) is 6.01. The Bertz CT molecular complexity index is 692. The number of hydrogen-bond donors (Lipinski definition) is 3. The first kappa shape index (κ1) is 14.5. The lowest BCUT2D eigenvalue weighted by Crippen LogP contribution is -2.07. The van der Waals surface area contributed by atoms with E-state index in [2.05, 4.69) is 20.6 Å². The van der Waals surface area contributed by atoms with Crippen molar-refractivity contribution < 1.29 is 14.8 Å². The number of halogens is 1. The lowest BCUT2D eigenvalue weighted by molar-refractivity contribution is -0.384. The van der Waals surface area contributed by atoms with Crippen LogP contribution >= 0.6 is 11.6 Å². The van der Waals surface area contributed by atoms with Crippen LogP contribution in [-0.4, -0.2) is 26.1 Å². The molecule has 2 rings (SSSR count). The van der Waals surface area contributed by atoms with Gasteiger partial charge in [-0.3, -0.25) is 15.4 Å². The Hall–Kier alpha value is -2.94. The lowest BCUT2D eigenvalue weighted by atomic mass is 10.3. The van der Waals surface area contributed by atoms with E-state index in [1.807, 2.05) is 0 Å². The number of carboxylic acid groups (broad SMARTS) is 1. The molecule has 2 aromatic rings. The van der Waals surface area contributed by atoms with Gasteiger partial charge in [-0.05, 0) is 35.9 Å². The van der Waals surface area contributed by atoms with Crippen LogP contribution in [0.1, 0.15) is 0 Å². The number of rotatable bonds is 4. The Labute approximate surface area is 122 Å². The van der Waals surface area contributed by atoms with E-state index in [-0.39, 0.29) is 16.8 Å². The predicted molar refractivity (Wildman–Crippen MR) is 75.1 cm³/mol. The minimum absolute atomic E-state index is 0.0565. The van der Waals surface area contributed by atoms with Crippen molar-refractivity contribution in [2.24, 2.45) is 0 Å². The van der Waals surface area contributed by atoms with Gasteiger partial charge in [0.25, 0.3) is 0 Å². The smallest absolute Gasteiger partial charge is 0.409 e. The zero-order chi connectivity index (χ0) is 15.4. The molecule has 0 bridgehead atoms. The van der Waals surface area contributed by atoms with Crippen molar-refractivity contribution in [2.75, 3.05) is 10.6 Å². The number of amides is 1. The molecule has 0 aliphatic carbocycles. The lowest BCUT2D eigenvalue weighted by Gasteiger charge is -2.07. The molecular formula is C11H8ClN5O4. The standard InChI is InChI=1S/C11H8ClN5O4/c12-10-13-5-8(17(20)21)9(16-10)14-6-1-3-7(4-2-6)15-11(18)19/h1-5,15H,(H,18,19)(H,13,14,16). The van der Waals surface area contributed by atoms with E-state index < -0.39 is 11.0 Å². The van der Waals surface area contributed by atoms with Crippen LogP contribution in [0.2, 0.25) is 5.28 Å². The summed E-state index contributed by atoms with van der Waals surface area (Å²) in [5, 5.41) is 24.2. The molecule has 0 atom stereocenters. The van der Waals surface area contributed by atoms with Gasteiger partial charge in [-0.1, -0.05) is 0 Å². The second-order valence-corrected chi connectivity index (χ2v) is 4.10. The number of nitrogens with one attached hydrogen (secondary N) is 2. The van der Waals surface area contributed by atoms with Gasteiger partial charge >= 0.3 is 11.8 Å². The molecular weight excluding hydrogens is 302 g/mol. The number of aromatic nitrogens is 2. The van der Waals surface area contributed by atoms with E-state index in [4.69, 9.17) is 16.7 Å². The fourth-order valence-electron chi connectivity index (χ4n) is 1.48. The highest BCUT2D eigenvalue weighted by molar-refractivity contribution is 6.28. The Morgan fingerprint density at radius 2 is 1.90 bits per heavy atom. The molecule has 1 heterocycles. The first-order valence-corrected chi connectivity index (χ1v) is 5.87. The third kappa shape index (κ3) is 3.76. The van der Waals surface area contributed by atoms with Crippen molar-refractivity contribution in [1.29, 1.82) is 0 Å². The van der Waals surface area contributed by atoms with Crippen molar-refractivity contribution >= 4 is 40.6 Å². The topological polar surface area (TPSA) is 130 Å². The summed E-state index contributed by atoms with van der Waals surface area (Å²) in [6.07, 6.45) is -0.188. The molecule has 3 N–H and O–H groups in total. The molecule has 1 amide bonds. The summed E-state index contributed by atoms with van der Waals surface area (Å²) in [5.41, 5.74) is 0.513. The molecule has 0 saturated heterocycles. The quantitative estimate of drug-likeness (QED) is 0.449. The van der Waals surface area contributed by atoms with E-state index >= 15 is 0 Å². The van der Waals surface area contributed by atoms with Crippen molar-refractivity contribution in [3.05, 3.63) is 45.9 Å². The van der Waals surface area contributed by atoms with E-state index in [1.165, 1.54) is 24.3 Å². The van der Waals surface area contributed by atoms with Crippen molar-refractivity contribution in [3.63, 3.8) is 0 Å². The molecule has 0 radical (unpaired) electrons. The highest BCUT2D eigenvalue weighted by Gasteiger charge is 2.17. The summed E-state index contributed by atoms with van der Waals surface area (Å²) < 4.78 is 0. The number of hydrogen-bond acceptors (Lipinski definition) is 6. The maximum atomic E-state index is 10.9. The monoisotopic (exact) mass is 309 g/mol. The Morgan fingerprint density at radius 1 is 1.29 bits per heavy atom. The number of nitrogens with zero attached hydrogens (tertiary/aromatic N) is 3. The third-order valence-electron chi connectivity index (χ3n) is 2.34. The molecule has 1 aromatic carbocycles. The molecule has 9 nitrogen and oxygen atoms in total. The summed E-state index contributed by atoms with van der Waals surface area (Å²) in [6.45, 7) is 0. The summed E-state index contributed by atoms with van der Waals surface area (Å²) in [5.74, 6) is -0.0565. The third-order valence-corrected chi connectivity index (χ3v) is 2.52. The zero-order valence-corrected chi connectivity index (χ0v) is 11.0. The molecule has 0 unspecified atom stereocenters. The Kier molecular flexibility index (Phi) is 4.14. The maximum absolute atomic E-state index is 10.9. The van der Waals surface area contributed by atoms with Crippen molar-refractivity contribution in [3.8, 4) is 0 Å². The molecule has 0 aliphatic heterocycles. The Balaban J connectivity index is 2.23. The summed E-state index contributed by atoms with van der Waals surface area (Å²) in [6, 6.07) is 6.05. The normalized spacial score (nSPS) is 9.95. The van der Waals surface area contributed by atoms with Gasteiger partial charge in [0.05, 0.1) is 4.92 Å². The minimum Gasteiger partial charge on any atom is -0.465 e. The van der Waals surface area contributed by atoms with E-state index in [9.17, 15) is 14.9 Å². The molecule has 108 valence electrons. The highest BCUT2D eigenvalue weighted by Crippen LogP contribution is 2.26. The van der Waals surface area contributed by atoms with Gasteiger partial charge in [0, 0.05) is 11.4 Å². The molecule has 10 heteroatoms. The Morgan fingerprint density at radius 3 is 2.48 bits per heavy atom. The SMILES string of the molecule is O=C(O)Nc1ccc(Nc2nc(Cl)ncc2[N+](=O)[O-])cc1. The van der Waals surface area contributed by atoms with Crippen molar-refractivity contribution in [2.45, 2.75) is 0 Å². The number of nitro groups is 1. The van der Waals surface area contributed by atoms with Crippen LogP contribution in [0, 0.1) is 10.1 Å². The number of benzene rings is 1. The second-order valence-electron chi connectivity index (χ2n) is 3.76. The van der Waals surface area contributed by atoms with Gasteiger partial charge in [-0.25, -0.2) is 9.78 Å². The van der Waals surface area contributed by atoms with Gasteiger partial charge in [0.15, 0.2) is 0 Å². The van der Waals surface area contributed by atoms with Crippen LogP contribution in [0.5, 0.6) is 0 Å². The molecule has 0 aliphatic rings. The van der Waals surface area contributed by atoms with Gasteiger partial charge in [0.2, 0.25) is 11.1 Å². The average Bonchev–Trinajstić information content (AvgIpc) is 2.40. The van der Waals surface area contributed by atoms with Gasteiger partial charge < -0.3 is 10.4 Å². The van der Waals surface area contributed by atoms with E-state index in [0.29, 0.717) is 11.4 Å². The van der Waals surface area contributed by atoms with Crippen LogP contribution in [0.3, 0.4) is 0 Å². The molecule has 21 heavy (non-hydrogen) atoms. The van der Waals surface area contributed by atoms with E-state index in [1.54, 1.807) is 0 Å². The van der Waals surface area contributed by atoms with Crippen LogP contribution in [0.25, 0.3) is 0 Å². The fourth-order valence-corrected chi connectivity index (χ4v) is 1.61. The van der Waals surface area contributed by atoms with Crippen LogP contribution in [0.15, 0.2) is 30.5 Å². The first-order chi connectivity index (χ1) is 9.95. The van der Waals surface area contributed by atoms with Crippen LogP contribution < -0.4 is 10.6 Å². The minimum atomic E-state index is -1.19. The molecule has 0 spiro atoms.